The average Bonchev–Trinajstić information content (AvgIpc) is 3.10. The smallest absolute Gasteiger partial charge is 0.156 e. The van der Waals surface area contributed by atoms with Crippen molar-refractivity contribution in [3.05, 3.63) is 52.6 Å². The van der Waals surface area contributed by atoms with Crippen LogP contribution in [0.15, 0.2) is 47.1 Å². The number of ketones is 1. The van der Waals surface area contributed by atoms with Crippen molar-refractivity contribution in [1.82, 2.24) is 0 Å². The molecule has 1 aromatic rings. The van der Waals surface area contributed by atoms with Crippen molar-refractivity contribution >= 4 is 11.5 Å². The molecule has 4 aliphatic rings. The van der Waals surface area contributed by atoms with Crippen molar-refractivity contribution in [3.63, 3.8) is 0 Å². The molecule has 5 heteroatoms. The first-order chi connectivity index (χ1) is 16.2. The molecule has 0 aromatic heterocycles. The Morgan fingerprint density at radius 1 is 1.15 bits per heavy atom. The number of carbonyl (C=O) groups is 1. The maximum Gasteiger partial charge on any atom is 0.156 e. The highest BCUT2D eigenvalue weighted by Gasteiger charge is 2.65. The standard InChI is InChI=1S/C29H39NO4/c1-28-16-24(18-5-8-20(9-6-18)30(2)3)27-22-12-10-21(31)15-19(22)7-11-23(27)25(28)13-14-29(28,33)26(32)17-34-4/h5-6,8-9,15,23-26,32-33H,7,10-14,16-17H2,1-4H3/t23-,24?,25-,26?,28-,29-/m0/s1. The lowest BCUT2D eigenvalue weighted by molar-refractivity contribution is -0.173. The van der Waals surface area contributed by atoms with E-state index in [-0.39, 0.29) is 18.3 Å². The number of carbonyl (C=O) groups excluding carboxylic acids is 1. The fraction of sp³-hybridized carbons (Fsp3) is 0.621. The molecule has 0 saturated heterocycles. The number of methoxy groups -OCH3 is 1. The molecule has 34 heavy (non-hydrogen) atoms. The van der Waals surface area contributed by atoms with Crippen molar-refractivity contribution in [2.45, 2.75) is 69.5 Å². The van der Waals surface area contributed by atoms with E-state index in [1.165, 1.54) is 28.0 Å². The van der Waals surface area contributed by atoms with Gasteiger partial charge in [-0.1, -0.05) is 24.6 Å². The van der Waals surface area contributed by atoms with Crippen molar-refractivity contribution in [1.29, 1.82) is 0 Å². The van der Waals surface area contributed by atoms with Gasteiger partial charge in [-0.25, -0.2) is 0 Å². The van der Waals surface area contributed by atoms with Gasteiger partial charge in [0, 0.05) is 44.6 Å². The van der Waals surface area contributed by atoms with Crippen LogP contribution in [0.2, 0.25) is 0 Å². The van der Waals surface area contributed by atoms with Crippen molar-refractivity contribution in [2.24, 2.45) is 17.3 Å². The van der Waals surface area contributed by atoms with Gasteiger partial charge in [-0.2, -0.15) is 0 Å². The van der Waals surface area contributed by atoms with E-state index in [0.717, 1.165) is 32.1 Å². The lowest BCUT2D eigenvalue weighted by Crippen LogP contribution is -2.58. The second-order valence-corrected chi connectivity index (χ2v) is 11.4. The lowest BCUT2D eigenvalue weighted by atomic mass is 9.50. The quantitative estimate of drug-likeness (QED) is 0.675. The Kier molecular flexibility index (Phi) is 6.02. The molecular formula is C29H39NO4. The van der Waals surface area contributed by atoms with E-state index >= 15 is 0 Å². The minimum absolute atomic E-state index is 0.147. The number of aliphatic hydroxyl groups excluding tert-OH is 1. The number of allylic oxidation sites excluding steroid dienone is 4. The summed E-state index contributed by atoms with van der Waals surface area (Å²) in [5.41, 5.74) is 5.03. The summed E-state index contributed by atoms with van der Waals surface area (Å²) in [6, 6.07) is 8.82. The van der Waals surface area contributed by atoms with Crippen LogP contribution in [0.1, 0.15) is 63.4 Å². The third-order valence-corrected chi connectivity index (χ3v) is 9.64. The molecule has 0 radical (unpaired) electrons. The van der Waals surface area contributed by atoms with Gasteiger partial charge in [0.15, 0.2) is 5.78 Å². The van der Waals surface area contributed by atoms with E-state index in [1.54, 1.807) is 7.11 Å². The predicted octanol–water partition coefficient (Wildman–Crippen LogP) is 4.39. The molecule has 1 aromatic carbocycles. The fourth-order valence-electron chi connectivity index (χ4n) is 7.85. The third kappa shape index (κ3) is 3.51. The van der Waals surface area contributed by atoms with E-state index in [9.17, 15) is 15.0 Å². The van der Waals surface area contributed by atoms with Crippen LogP contribution in [0.25, 0.3) is 0 Å². The maximum atomic E-state index is 12.2. The molecule has 5 nitrogen and oxygen atoms in total. The normalized spacial score (nSPS) is 35.9. The van der Waals surface area contributed by atoms with Gasteiger partial charge in [0.2, 0.25) is 0 Å². The van der Waals surface area contributed by atoms with E-state index in [4.69, 9.17) is 4.74 Å². The van der Waals surface area contributed by atoms with Crippen LogP contribution in [0.3, 0.4) is 0 Å². The minimum atomic E-state index is -1.16. The second kappa shape index (κ2) is 8.61. The van der Waals surface area contributed by atoms with Crippen LogP contribution in [0, 0.1) is 17.3 Å². The van der Waals surface area contributed by atoms with Gasteiger partial charge in [-0.05, 0) is 85.3 Å². The van der Waals surface area contributed by atoms with Gasteiger partial charge in [-0.15, -0.1) is 0 Å². The molecule has 6 atom stereocenters. The van der Waals surface area contributed by atoms with Crippen LogP contribution in [-0.4, -0.2) is 55.5 Å². The molecule has 184 valence electrons. The summed E-state index contributed by atoms with van der Waals surface area (Å²) < 4.78 is 5.28. The highest BCUT2D eigenvalue weighted by molar-refractivity contribution is 5.93. The van der Waals surface area contributed by atoms with E-state index in [0.29, 0.717) is 24.7 Å². The summed E-state index contributed by atoms with van der Waals surface area (Å²) in [4.78, 5) is 14.3. The van der Waals surface area contributed by atoms with Crippen LogP contribution in [-0.2, 0) is 9.53 Å². The van der Waals surface area contributed by atoms with E-state index in [1.807, 2.05) is 6.08 Å². The molecule has 0 amide bonds. The number of benzene rings is 1. The predicted molar refractivity (Wildman–Crippen MR) is 134 cm³/mol. The molecule has 2 fully saturated rings. The number of ether oxygens (including phenoxy) is 1. The van der Waals surface area contributed by atoms with Gasteiger partial charge >= 0.3 is 0 Å². The first kappa shape index (κ1) is 23.8. The SMILES string of the molecule is COCC(O)[C@@]1(O)CC[C@H]2[C@@H]3CCC4=CC(=O)CCC4=C3C(c3ccc(N(C)C)cc3)C[C@@]21C. The summed E-state index contributed by atoms with van der Waals surface area (Å²) in [5.74, 6) is 1.13. The van der Waals surface area contributed by atoms with Gasteiger partial charge in [0.1, 0.15) is 6.10 Å². The average molecular weight is 466 g/mol. The topological polar surface area (TPSA) is 70.0 Å². The van der Waals surface area contributed by atoms with Crippen LogP contribution in [0.4, 0.5) is 5.69 Å². The Balaban J connectivity index is 1.64. The van der Waals surface area contributed by atoms with E-state index < -0.39 is 17.1 Å². The molecule has 2 N–H and O–H groups in total. The van der Waals surface area contributed by atoms with Gasteiger partial charge in [0.25, 0.3) is 0 Å². The molecule has 0 heterocycles. The Hall–Kier alpha value is -1.95. The third-order valence-electron chi connectivity index (χ3n) is 9.64. The van der Waals surface area contributed by atoms with Gasteiger partial charge in [0.05, 0.1) is 12.2 Å². The molecule has 0 bridgehead atoms. The van der Waals surface area contributed by atoms with Crippen molar-refractivity contribution in [2.75, 3.05) is 32.7 Å². The highest BCUT2D eigenvalue weighted by Crippen LogP contribution is 2.67. The Labute approximate surface area is 203 Å². The molecular weight excluding hydrogens is 426 g/mol. The molecule has 5 rings (SSSR count). The first-order valence-corrected chi connectivity index (χ1v) is 12.8. The number of aliphatic hydroxyl groups is 2. The van der Waals surface area contributed by atoms with Crippen molar-refractivity contribution < 1.29 is 19.7 Å². The summed E-state index contributed by atoms with van der Waals surface area (Å²) >= 11 is 0. The number of fused-ring (bicyclic) bond motifs is 4. The Morgan fingerprint density at radius 2 is 1.88 bits per heavy atom. The zero-order valence-electron chi connectivity index (χ0n) is 21.0. The van der Waals surface area contributed by atoms with Crippen molar-refractivity contribution in [3.8, 4) is 0 Å². The largest absolute Gasteiger partial charge is 0.388 e. The van der Waals surface area contributed by atoms with Gasteiger partial charge < -0.3 is 19.8 Å². The molecule has 0 spiro atoms. The number of hydrogen-bond donors (Lipinski definition) is 2. The van der Waals surface area contributed by atoms with E-state index in [2.05, 4.69) is 50.2 Å². The zero-order valence-corrected chi connectivity index (χ0v) is 21.0. The Bertz CT molecular complexity index is 1030. The van der Waals surface area contributed by atoms with Crippen LogP contribution >= 0.6 is 0 Å². The maximum absolute atomic E-state index is 12.2. The summed E-state index contributed by atoms with van der Waals surface area (Å²) in [6.45, 7) is 2.36. The zero-order chi connectivity index (χ0) is 24.3. The molecule has 2 unspecified atom stereocenters. The monoisotopic (exact) mass is 465 g/mol. The first-order valence-electron chi connectivity index (χ1n) is 12.8. The minimum Gasteiger partial charge on any atom is -0.388 e. The molecule has 4 aliphatic carbocycles. The summed E-state index contributed by atoms with van der Waals surface area (Å²) in [6.07, 6.45) is 6.70. The highest BCUT2D eigenvalue weighted by atomic mass is 16.5. The fourth-order valence-corrected chi connectivity index (χ4v) is 7.85. The number of nitrogens with zero attached hydrogens (tertiary/aromatic N) is 1. The van der Waals surface area contributed by atoms with Gasteiger partial charge in [-0.3, -0.25) is 4.79 Å². The molecule has 2 saturated carbocycles. The summed E-state index contributed by atoms with van der Waals surface area (Å²) in [5, 5.41) is 23.0. The lowest BCUT2D eigenvalue weighted by Gasteiger charge is -2.55. The Morgan fingerprint density at radius 3 is 2.56 bits per heavy atom. The summed E-state index contributed by atoms with van der Waals surface area (Å²) in [7, 11) is 5.68. The number of rotatable bonds is 5. The number of anilines is 1. The van der Waals surface area contributed by atoms with Crippen LogP contribution < -0.4 is 4.90 Å². The van der Waals surface area contributed by atoms with Crippen LogP contribution in [0.5, 0.6) is 0 Å². The number of hydrogen-bond acceptors (Lipinski definition) is 5. The second-order valence-electron chi connectivity index (χ2n) is 11.4. The molecule has 0 aliphatic heterocycles.